The van der Waals surface area contributed by atoms with Crippen molar-refractivity contribution in [3.63, 3.8) is 0 Å². The van der Waals surface area contributed by atoms with Crippen LogP contribution < -0.4 is 9.47 Å². The average Bonchev–Trinajstić information content (AvgIpc) is 2.45. The minimum atomic E-state index is -0.701. The molecule has 0 spiro atoms. The Labute approximate surface area is 131 Å². The molecule has 0 bridgehead atoms. The van der Waals surface area contributed by atoms with Gasteiger partial charge in [-0.15, -0.1) is 0 Å². The van der Waals surface area contributed by atoms with E-state index in [1.165, 1.54) is 12.1 Å². The molecule has 5 heteroatoms. The van der Waals surface area contributed by atoms with Crippen molar-refractivity contribution < 1.29 is 19.0 Å². The third-order valence-corrected chi connectivity index (χ3v) is 3.34. The van der Waals surface area contributed by atoms with Crippen LogP contribution in [0.5, 0.6) is 11.5 Å². The maximum atomic E-state index is 13.7. The molecule has 2 aromatic carbocycles. The molecule has 21 heavy (non-hydrogen) atoms. The van der Waals surface area contributed by atoms with Crippen molar-refractivity contribution in [2.75, 3.05) is 13.2 Å². The summed E-state index contributed by atoms with van der Waals surface area (Å²) in [5.41, 5.74) is 0.519. The molecule has 0 unspecified atom stereocenters. The molecule has 0 fully saturated rings. The summed E-state index contributed by atoms with van der Waals surface area (Å²) in [6.45, 7) is 2.13. The number of aliphatic hydroxyl groups is 1. The summed E-state index contributed by atoms with van der Waals surface area (Å²) in [5, 5.41) is 9.37. The first-order valence-corrected chi connectivity index (χ1v) is 7.34. The second kappa shape index (κ2) is 7.43. The lowest BCUT2D eigenvalue weighted by atomic mass is 10.1. The van der Waals surface area contributed by atoms with Crippen LogP contribution in [0.15, 0.2) is 46.9 Å². The van der Waals surface area contributed by atoms with Crippen LogP contribution in [-0.4, -0.2) is 18.3 Å². The van der Waals surface area contributed by atoms with Gasteiger partial charge in [-0.1, -0.05) is 28.1 Å². The largest absolute Gasteiger partial charge is 0.490 e. The molecule has 0 saturated carbocycles. The van der Waals surface area contributed by atoms with Crippen molar-refractivity contribution in [3.8, 4) is 11.5 Å². The minimum Gasteiger partial charge on any atom is -0.490 e. The van der Waals surface area contributed by atoms with Crippen LogP contribution in [0.25, 0.3) is 0 Å². The maximum absolute atomic E-state index is 13.7. The Morgan fingerprint density at radius 1 is 1.14 bits per heavy atom. The van der Waals surface area contributed by atoms with E-state index < -0.39 is 11.9 Å². The number of aliphatic hydroxyl groups excluding tert-OH is 1. The summed E-state index contributed by atoms with van der Waals surface area (Å²) in [6.07, 6.45) is -0.701. The monoisotopic (exact) mass is 354 g/mol. The van der Waals surface area contributed by atoms with Crippen LogP contribution in [0, 0.1) is 5.82 Å². The van der Waals surface area contributed by atoms with E-state index in [2.05, 4.69) is 15.9 Å². The molecule has 0 aromatic heterocycles. The van der Waals surface area contributed by atoms with Crippen LogP contribution in [0.2, 0.25) is 0 Å². The van der Waals surface area contributed by atoms with E-state index >= 15 is 0 Å². The lowest BCUT2D eigenvalue weighted by Gasteiger charge is -2.11. The topological polar surface area (TPSA) is 38.7 Å². The van der Waals surface area contributed by atoms with Gasteiger partial charge in [0.2, 0.25) is 0 Å². The summed E-state index contributed by atoms with van der Waals surface area (Å²) in [5.74, 6) is 0.381. The van der Waals surface area contributed by atoms with E-state index in [0.29, 0.717) is 12.2 Å². The first-order valence-electron chi connectivity index (χ1n) is 6.55. The fourth-order valence-electron chi connectivity index (χ4n) is 1.76. The predicted octanol–water partition coefficient (Wildman–Crippen LogP) is 4.10. The van der Waals surface area contributed by atoms with Gasteiger partial charge in [-0.25, -0.2) is 4.39 Å². The van der Waals surface area contributed by atoms with Crippen LogP contribution in [-0.2, 0) is 0 Å². The molecule has 1 atom stereocenters. The molecule has 0 aliphatic carbocycles. The molecule has 112 valence electrons. The Balaban J connectivity index is 1.83. The average molecular weight is 355 g/mol. The molecule has 2 rings (SSSR count). The molecule has 0 radical (unpaired) electrons. The molecule has 0 amide bonds. The lowest BCUT2D eigenvalue weighted by Crippen LogP contribution is -2.10. The van der Waals surface area contributed by atoms with E-state index in [1.54, 1.807) is 13.0 Å². The fraction of sp³-hybridized carbons (Fsp3) is 0.250. The van der Waals surface area contributed by atoms with Crippen molar-refractivity contribution in [2.24, 2.45) is 0 Å². The summed E-state index contributed by atoms with van der Waals surface area (Å²) in [6, 6.07) is 11.9. The molecule has 1 N–H and O–H groups in total. The Kier molecular flexibility index (Phi) is 5.59. The molecule has 0 saturated heterocycles. The molecule has 2 aromatic rings. The highest BCUT2D eigenvalue weighted by atomic mass is 79.9. The number of hydrogen-bond acceptors (Lipinski definition) is 3. The Bertz CT molecular complexity index is 602. The third-order valence-electron chi connectivity index (χ3n) is 2.84. The highest BCUT2D eigenvalue weighted by molar-refractivity contribution is 9.10. The molecular formula is C16H16BrFO3. The van der Waals surface area contributed by atoms with Gasteiger partial charge in [-0.05, 0) is 42.8 Å². The second-order valence-electron chi connectivity index (χ2n) is 4.52. The standard InChI is InChI=1S/C16H16BrFO3/c1-11(19)12-5-6-16(15(18)9-12)21-8-7-20-14-4-2-3-13(17)10-14/h2-6,9-11,19H,7-8H2,1H3/t11-/m0/s1. The lowest BCUT2D eigenvalue weighted by molar-refractivity contribution is 0.197. The van der Waals surface area contributed by atoms with E-state index in [9.17, 15) is 9.50 Å². The zero-order valence-electron chi connectivity index (χ0n) is 11.6. The number of ether oxygens (including phenoxy) is 2. The van der Waals surface area contributed by atoms with E-state index in [1.807, 2.05) is 24.3 Å². The predicted molar refractivity (Wildman–Crippen MR) is 82.2 cm³/mol. The third kappa shape index (κ3) is 4.72. The summed E-state index contributed by atoms with van der Waals surface area (Å²) in [4.78, 5) is 0. The number of hydrogen-bond donors (Lipinski definition) is 1. The summed E-state index contributed by atoms with van der Waals surface area (Å²) < 4.78 is 25.5. The van der Waals surface area contributed by atoms with Crippen LogP contribution in [0.4, 0.5) is 4.39 Å². The van der Waals surface area contributed by atoms with Gasteiger partial charge in [0, 0.05) is 4.47 Å². The normalized spacial score (nSPS) is 12.0. The highest BCUT2D eigenvalue weighted by Gasteiger charge is 2.08. The minimum absolute atomic E-state index is 0.150. The molecule has 0 heterocycles. The Morgan fingerprint density at radius 2 is 1.90 bits per heavy atom. The van der Waals surface area contributed by atoms with Gasteiger partial charge in [0.05, 0.1) is 6.10 Å². The number of rotatable bonds is 6. The smallest absolute Gasteiger partial charge is 0.165 e. The van der Waals surface area contributed by atoms with Crippen LogP contribution in [0.3, 0.4) is 0 Å². The highest BCUT2D eigenvalue weighted by Crippen LogP contribution is 2.22. The van der Waals surface area contributed by atoms with Gasteiger partial charge in [-0.2, -0.15) is 0 Å². The van der Waals surface area contributed by atoms with Crippen molar-refractivity contribution in [1.82, 2.24) is 0 Å². The zero-order valence-corrected chi connectivity index (χ0v) is 13.1. The first-order chi connectivity index (χ1) is 10.1. The first kappa shape index (κ1) is 15.8. The van der Waals surface area contributed by atoms with Crippen molar-refractivity contribution in [1.29, 1.82) is 0 Å². The van der Waals surface area contributed by atoms with Gasteiger partial charge in [0.1, 0.15) is 19.0 Å². The van der Waals surface area contributed by atoms with Crippen molar-refractivity contribution >= 4 is 15.9 Å². The fourth-order valence-corrected chi connectivity index (χ4v) is 2.14. The summed E-state index contributed by atoms with van der Waals surface area (Å²) >= 11 is 3.35. The van der Waals surface area contributed by atoms with Gasteiger partial charge >= 0.3 is 0 Å². The SMILES string of the molecule is C[C@H](O)c1ccc(OCCOc2cccc(Br)c2)c(F)c1. The van der Waals surface area contributed by atoms with Gasteiger partial charge in [-0.3, -0.25) is 0 Å². The van der Waals surface area contributed by atoms with Crippen molar-refractivity contribution in [2.45, 2.75) is 13.0 Å². The van der Waals surface area contributed by atoms with Crippen molar-refractivity contribution in [3.05, 3.63) is 58.3 Å². The number of halogens is 2. The van der Waals surface area contributed by atoms with E-state index in [4.69, 9.17) is 9.47 Å². The van der Waals surface area contributed by atoms with E-state index in [-0.39, 0.29) is 12.4 Å². The molecule has 0 aliphatic heterocycles. The van der Waals surface area contributed by atoms with Gasteiger partial charge in [0.25, 0.3) is 0 Å². The second-order valence-corrected chi connectivity index (χ2v) is 5.44. The van der Waals surface area contributed by atoms with Crippen LogP contribution in [0.1, 0.15) is 18.6 Å². The molecule has 3 nitrogen and oxygen atoms in total. The van der Waals surface area contributed by atoms with E-state index in [0.717, 1.165) is 10.2 Å². The maximum Gasteiger partial charge on any atom is 0.165 e. The quantitative estimate of drug-likeness (QED) is 0.793. The van der Waals surface area contributed by atoms with Crippen LogP contribution >= 0.6 is 15.9 Å². The number of benzene rings is 2. The Hall–Kier alpha value is -1.59. The van der Waals surface area contributed by atoms with Gasteiger partial charge in [0.15, 0.2) is 11.6 Å². The Morgan fingerprint density at radius 3 is 2.57 bits per heavy atom. The molecular weight excluding hydrogens is 339 g/mol. The van der Waals surface area contributed by atoms with Gasteiger partial charge < -0.3 is 14.6 Å². The summed E-state index contributed by atoms with van der Waals surface area (Å²) in [7, 11) is 0. The molecule has 0 aliphatic rings. The zero-order chi connectivity index (χ0) is 15.2.